The van der Waals surface area contributed by atoms with Crippen LogP contribution in [0.15, 0.2) is 35.3 Å². The monoisotopic (exact) mass is 414 g/mol. The highest BCUT2D eigenvalue weighted by Gasteiger charge is 2.36. The number of aliphatic hydroxyl groups is 1. The van der Waals surface area contributed by atoms with Gasteiger partial charge in [0.05, 0.1) is 0 Å². The van der Waals surface area contributed by atoms with Crippen molar-refractivity contribution in [2.24, 2.45) is 16.8 Å². The highest BCUT2D eigenvalue weighted by Crippen LogP contribution is 2.31. The maximum absolute atomic E-state index is 9.36. The molecule has 3 unspecified atom stereocenters. The van der Waals surface area contributed by atoms with Crippen LogP contribution >= 0.6 is 0 Å². The van der Waals surface area contributed by atoms with Crippen LogP contribution in [0.2, 0.25) is 0 Å². The van der Waals surface area contributed by atoms with Crippen LogP contribution in [0.4, 0.5) is 0 Å². The lowest BCUT2D eigenvalue weighted by atomic mass is 9.83. The Balaban J connectivity index is 1.61. The van der Waals surface area contributed by atoms with Gasteiger partial charge in [-0.15, -0.1) is 0 Å². The summed E-state index contributed by atoms with van der Waals surface area (Å²) >= 11 is 0. The zero-order valence-corrected chi connectivity index (χ0v) is 19.1. The predicted octanol–water partition coefficient (Wildman–Crippen LogP) is 3.74. The molecule has 1 aromatic carbocycles. The summed E-state index contributed by atoms with van der Waals surface area (Å²) in [5.41, 5.74) is 1.43. The van der Waals surface area contributed by atoms with Crippen molar-refractivity contribution in [3.63, 3.8) is 0 Å². The van der Waals surface area contributed by atoms with Crippen LogP contribution in [0.5, 0.6) is 0 Å². The lowest BCUT2D eigenvalue weighted by Crippen LogP contribution is -2.56. The second-order valence-corrected chi connectivity index (χ2v) is 9.02. The lowest BCUT2D eigenvalue weighted by molar-refractivity contribution is 0.0372. The minimum atomic E-state index is 0.265. The molecule has 2 fully saturated rings. The van der Waals surface area contributed by atoms with E-state index in [0.717, 1.165) is 63.9 Å². The second kappa shape index (κ2) is 12.3. The molecule has 2 aliphatic heterocycles. The maximum Gasteiger partial charge on any atom is 0.193 e. The number of rotatable bonds is 9. The molecule has 0 spiro atoms. The molecule has 2 heterocycles. The average molecular weight is 415 g/mol. The number of likely N-dealkylation sites (tertiary alicyclic amines) is 2. The molecule has 2 N–H and O–H groups in total. The quantitative estimate of drug-likeness (QED) is 0.477. The van der Waals surface area contributed by atoms with Gasteiger partial charge >= 0.3 is 0 Å². The summed E-state index contributed by atoms with van der Waals surface area (Å²) < 4.78 is 0. The van der Waals surface area contributed by atoms with E-state index in [9.17, 15) is 5.11 Å². The first kappa shape index (κ1) is 23.1. The summed E-state index contributed by atoms with van der Waals surface area (Å²) in [4.78, 5) is 10.2. The van der Waals surface area contributed by atoms with E-state index < -0.39 is 0 Å². The molecule has 2 aliphatic rings. The first-order valence-electron chi connectivity index (χ1n) is 12.2. The molecule has 1 aromatic rings. The Hall–Kier alpha value is -1.59. The average Bonchev–Trinajstić information content (AvgIpc) is 2.77. The number of fused-ring (bicyclic) bond motifs is 1. The number of piperidine rings is 2. The number of benzene rings is 1. The van der Waals surface area contributed by atoms with E-state index in [-0.39, 0.29) is 6.61 Å². The maximum atomic E-state index is 9.36. The summed E-state index contributed by atoms with van der Waals surface area (Å²) in [7, 11) is 0. The molecule has 0 bridgehead atoms. The summed E-state index contributed by atoms with van der Waals surface area (Å²) in [6, 6.07) is 11.6. The second-order valence-electron chi connectivity index (χ2n) is 9.02. The van der Waals surface area contributed by atoms with Gasteiger partial charge in [-0.25, -0.2) is 0 Å². The largest absolute Gasteiger partial charge is 0.396 e. The van der Waals surface area contributed by atoms with Crippen molar-refractivity contribution in [1.82, 2.24) is 15.1 Å². The van der Waals surface area contributed by atoms with Crippen molar-refractivity contribution in [1.29, 1.82) is 0 Å². The van der Waals surface area contributed by atoms with E-state index in [2.05, 4.69) is 59.3 Å². The number of nitrogens with zero attached hydrogens (tertiary/aromatic N) is 3. The SMILES string of the molecule is CCCC(CCO)CN=C(NCC)N1CCC2C(CCCN2Cc2ccccc2)C1. The first-order chi connectivity index (χ1) is 14.7. The normalized spacial score (nSPS) is 23.8. The summed E-state index contributed by atoms with van der Waals surface area (Å²) in [5.74, 6) is 2.29. The Kier molecular flexibility index (Phi) is 9.47. The third-order valence-electron chi connectivity index (χ3n) is 6.78. The molecule has 30 heavy (non-hydrogen) atoms. The number of hydrogen-bond donors (Lipinski definition) is 2. The van der Waals surface area contributed by atoms with Crippen molar-refractivity contribution in [2.75, 3.05) is 39.3 Å². The number of hydrogen-bond acceptors (Lipinski definition) is 3. The molecule has 2 saturated heterocycles. The lowest BCUT2D eigenvalue weighted by Gasteiger charge is -2.48. The standard InChI is InChI=1S/C25H42N4O/c1-3-9-21(14-17-30)18-27-25(26-4-2)29-16-13-24-23(20-29)12-8-15-28(24)19-22-10-6-5-7-11-22/h5-7,10-11,21,23-24,30H,3-4,8-9,12-20H2,1-2H3,(H,26,27). The van der Waals surface area contributed by atoms with E-state index in [4.69, 9.17) is 4.99 Å². The third-order valence-corrected chi connectivity index (χ3v) is 6.78. The summed E-state index contributed by atoms with van der Waals surface area (Å²) in [6.07, 6.45) is 7.00. The Morgan fingerprint density at radius 3 is 2.73 bits per heavy atom. The van der Waals surface area contributed by atoms with E-state index in [1.165, 1.54) is 31.4 Å². The van der Waals surface area contributed by atoms with Gasteiger partial charge in [0.15, 0.2) is 5.96 Å². The Labute approximate surface area is 183 Å². The van der Waals surface area contributed by atoms with Crippen molar-refractivity contribution in [3.05, 3.63) is 35.9 Å². The van der Waals surface area contributed by atoms with E-state index >= 15 is 0 Å². The van der Waals surface area contributed by atoms with Crippen molar-refractivity contribution in [3.8, 4) is 0 Å². The highest BCUT2D eigenvalue weighted by molar-refractivity contribution is 5.80. The number of guanidine groups is 1. The smallest absolute Gasteiger partial charge is 0.193 e. The van der Waals surface area contributed by atoms with Crippen LogP contribution in [0.1, 0.15) is 57.9 Å². The van der Waals surface area contributed by atoms with Gasteiger partial charge in [-0.3, -0.25) is 9.89 Å². The van der Waals surface area contributed by atoms with Crippen LogP contribution in [0.3, 0.4) is 0 Å². The van der Waals surface area contributed by atoms with Gasteiger partial charge in [-0.1, -0.05) is 43.7 Å². The van der Waals surface area contributed by atoms with Gasteiger partial charge in [0, 0.05) is 45.4 Å². The molecular weight excluding hydrogens is 372 g/mol. The number of aliphatic imine (C=N–C) groups is 1. The predicted molar refractivity (Wildman–Crippen MR) is 126 cm³/mol. The molecule has 0 amide bonds. The topological polar surface area (TPSA) is 51.1 Å². The van der Waals surface area contributed by atoms with Crippen LogP contribution in [0.25, 0.3) is 0 Å². The minimum Gasteiger partial charge on any atom is -0.396 e. The highest BCUT2D eigenvalue weighted by atomic mass is 16.3. The van der Waals surface area contributed by atoms with Crippen LogP contribution < -0.4 is 5.32 Å². The molecule has 5 nitrogen and oxygen atoms in total. The van der Waals surface area contributed by atoms with Crippen molar-refractivity contribution < 1.29 is 5.11 Å². The first-order valence-corrected chi connectivity index (χ1v) is 12.2. The van der Waals surface area contributed by atoms with Gasteiger partial charge in [0.2, 0.25) is 0 Å². The fourth-order valence-electron chi connectivity index (χ4n) is 5.27. The van der Waals surface area contributed by atoms with Crippen LogP contribution in [-0.2, 0) is 6.54 Å². The fraction of sp³-hybridized carbons (Fsp3) is 0.720. The molecular formula is C25H42N4O. The molecule has 3 atom stereocenters. The zero-order valence-electron chi connectivity index (χ0n) is 19.1. The van der Waals surface area contributed by atoms with Crippen molar-refractivity contribution >= 4 is 5.96 Å². The minimum absolute atomic E-state index is 0.265. The Bertz CT molecular complexity index is 629. The van der Waals surface area contributed by atoms with Crippen molar-refractivity contribution in [2.45, 2.75) is 65.0 Å². The molecule has 0 saturated carbocycles. The van der Waals surface area contributed by atoms with Gasteiger partial charge in [-0.2, -0.15) is 0 Å². The number of nitrogens with one attached hydrogen (secondary N) is 1. The Morgan fingerprint density at radius 2 is 2.00 bits per heavy atom. The zero-order chi connectivity index (χ0) is 21.2. The van der Waals surface area contributed by atoms with Crippen LogP contribution in [-0.4, -0.2) is 66.2 Å². The molecule has 5 heteroatoms. The third kappa shape index (κ3) is 6.45. The van der Waals surface area contributed by atoms with E-state index in [1.54, 1.807) is 0 Å². The molecule has 3 rings (SSSR count). The summed E-state index contributed by atoms with van der Waals surface area (Å²) in [6.45, 7) is 10.9. The van der Waals surface area contributed by atoms with Gasteiger partial charge in [0.25, 0.3) is 0 Å². The molecule has 0 aliphatic carbocycles. The van der Waals surface area contributed by atoms with Gasteiger partial charge in [-0.05, 0) is 63.0 Å². The molecule has 0 aromatic heterocycles. The molecule has 0 radical (unpaired) electrons. The number of aliphatic hydroxyl groups excluding tert-OH is 1. The van der Waals surface area contributed by atoms with E-state index in [0.29, 0.717) is 12.0 Å². The van der Waals surface area contributed by atoms with Gasteiger partial charge in [0.1, 0.15) is 0 Å². The van der Waals surface area contributed by atoms with E-state index in [1.807, 2.05) is 0 Å². The fourth-order valence-corrected chi connectivity index (χ4v) is 5.27. The van der Waals surface area contributed by atoms with Gasteiger partial charge < -0.3 is 15.3 Å². The van der Waals surface area contributed by atoms with Crippen LogP contribution in [0, 0.1) is 11.8 Å². The Morgan fingerprint density at radius 1 is 1.17 bits per heavy atom. The molecule has 168 valence electrons. The summed E-state index contributed by atoms with van der Waals surface area (Å²) in [5, 5.41) is 12.9.